The molecule has 0 aromatic rings. The first-order chi connectivity index (χ1) is 32.1. The predicted octanol–water partition coefficient (Wildman–Crippen LogP) is 7.10. The van der Waals surface area contributed by atoms with Gasteiger partial charge in [0.1, 0.15) is 48.8 Å². The highest BCUT2D eigenvalue weighted by Crippen LogP contribution is 2.30. The molecular formula is C52H95NO13. The van der Waals surface area contributed by atoms with Gasteiger partial charge >= 0.3 is 0 Å². The number of carbonyl (C=O) groups excluding carboxylic acids is 1. The van der Waals surface area contributed by atoms with Gasteiger partial charge in [0, 0.05) is 6.42 Å². The van der Waals surface area contributed by atoms with Gasteiger partial charge in [-0.3, -0.25) is 4.79 Å². The van der Waals surface area contributed by atoms with Gasteiger partial charge in [-0.2, -0.15) is 0 Å². The standard InChI is InChI=1S/C52H95NO13/c1-3-5-7-9-11-13-14-15-16-17-18-19-20-21-22-23-24-25-26-27-28-29-31-33-35-41(56)40(53-44(57)36-34-32-30-12-10-8-6-4-2)39-63-51-49(62)47(60)50(43(38-55)65-51)66-52-48(61)46(59)45(58)42(37-54)64-52/h23-24,27-28,33,35,40-43,45-52,54-56,58-62H,3-22,25-26,29-32,34,36-39H2,1-2H3,(H,53,57)/b24-23+,28-27+,35-33+. The van der Waals surface area contributed by atoms with Crippen LogP contribution in [0, 0.1) is 0 Å². The Morgan fingerprint density at radius 3 is 1.48 bits per heavy atom. The number of hydrogen-bond donors (Lipinski definition) is 9. The summed E-state index contributed by atoms with van der Waals surface area (Å²) in [6.45, 7) is 2.72. The summed E-state index contributed by atoms with van der Waals surface area (Å²) in [7, 11) is 0. The minimum Gasteiger partial charge on any atom is -0.394 e. The number of aliphatic hydroxyl groups is 8. The van der Waals surface area contributed by atoms with Gasteiger partial charge in [0.15, 0.2) is 12.6 Å². The van der Waals surface area contributed by atoms with Crippen molar-refractivity contribution < 1.29 is 64.6 Å². The second-order valence-corrected chi connectivity index (χ2v) is 18.6. The Hall–Kier alpha value is -1.79. The molecule has 2 aliphatic heterocycles. The van der Waals surface area contributed by atoms with E-state index in [9.17, 15) is 45.6 Å². The molecule has 14 nitrogen and oxygen atoms in total. The quantitative estimate of drug-likeness (QED) is 0.0221. The summed E-state index contributed by atoms with van der Waals surface area (Å²) in [5, 5.41) is 86.5. The Kier molecular flexibility index (Phi) is 35.6. The minimum absolute atomic E-state index is 0.259. The van der Waals surface area contributed by atoms with E-state index in [0.29, 0.717) is 12.8 Å². The number of allylic oxidation sites excluding steroid dienone is 5. The van der Waals surface area contributed by atoms with Gasteiger partial charge in [0.2, 0.25) is 5.91 Å². The first-order valence-corrected chi connectivity index (χ1v) is 26.2. The smallest absolute Gasteiger partial charge is 0.220 e. The van der Waals surface area contributed by atoms with Gasteiger partial charge in [-0.05, 0) is 44.9 Å². The molecule has 9 N–H and O–H groups in total. The largest absolute Gasteiger partial charge is 0.394 e. The van der Waals surface area contributed by atoms with Crippen LogP contribution in [0.4, 0.5) is 0 Å². The molecule has 2 saturated heterocycles. The molecule has 0 saturated carbocycles. The van der Waals surface area contributed by atoms with Crippen LogP contribution >= 0.6 is 0 Å². The fraction of sp³-hybridized carbons (Fsp3) is 0.865. The van der Waals surface area contributed by atoms with Gasteiger partial charge in [-0.15, -0.1) is 0 Å². The van der Waals surface area contributed by atoms with Crippen molar-refractivity contribution in [2.75, 3.05) is 19.8 Å². The van der Waals surface area contributed by atoms with Crippen molar-refractivity contribution in [1.82, 2.24) is 5.32 Å². The van der Waals surface area contributed by atoms with E-state index in [1.54, 1.807) is 6.08 Å². The lowest BCUT2D eigenvalue weighted by molar-refractivity contribution is -0.359. The minimum atomic E-state index is -1.79. The Labute approximate surface area is 398 Å². The molecule has 0 bridgehead atoms. The highest BCUT2D eigenvalue weighted by atomic mass is 16.7. The third kappa shape index (κ3) is 25.7. The molecule has 12 atom stereocenters. The average molecular weight is 942 g/mol. The van der Waals surface area contributed by atoms with Crippen LogP contribution in [0.3, 0.4) is 0 Å². The molecule has 2 heterocycles. The first kappa shape index (κ1) is 60.3. The number of hydrogen-bond acceptors (Lipinski definition) is 13. The van der Waals surface area contributed by atoms with E-state index in [2.05, 4.69) is 43.5 Å². The maximum Gasteiger partial charge on any atom is 0.220 e. The van der Waals surface area contributed by atoms with Crippen LogP contribution < -0.4 is 5.32 Å². The molecule has 66 heavy (non-hydrogen) atoms. The molecule has 12 unspecified atom stereocenters. The van der Waals surface area contributed by atoms with E-state index in [4.69, 9.17) is 18.9 Å². The molecule has 386 valence electrons. The van der Waals surface area contributed by atoms with Crippen LogP contribution in [-0.4, -0.2) is 140 Å². The van der Waals surface area contributed by atoms with Crippen molar-refractivity contribution in [3.63, 3.8) is 0 Å². The highest BCUT2D eigenvalue weighted by molar-refractivity contribution is 5.76. The monoisotopic (exact) mass is 942 g/mol. The molecule has 2 rings (SSSR count). The van der Waals surface area contributed by atoms with Crippen LogP contribution in [0.25, 0.3) is 0 Å². The molecule has 0 spiro atoms. The molecule has 2 fully saturated rings. The molecule has 0 aromatic heterocycles. The van der Waals surface area contributed by atoms with E-state index in [1.165, 1.54) is 116 Å². The van der Waals surface area contributed by atoms with Gasteiger partial charge in [0.05, 0.1) is 32.0 Å². The molecule has 2 aliphatic rings. The maximum atomic E-state index is 13.1. The van der Waals surface area contributed by atoms with Crippen LogP contribution in [0.1, 0.15) is 194 Å². The number of nitrogens with one attached hydrogen (secondary N) is 1. The van der Waals surface area contributed by atoms with Crippen LogP contribution in [0.2, 0.25) is 0 Å². The Morgan fingerprint density at radius 1 is 0.530 bits per heavy atom. The predicted molar refractivity (Wildman–Crippen MR) is 258 cm³/mol. The summed E-state index contributed by atoms with van der Waals surface area (Å²) < 4.78 is 22.6. The van der Waals surface area contributed by atoms with Crippen molar-refractivity contribution in [3.05, 3.63) is 36.5 Å². The van der Waals surface area contributed by atoms with Crippen LogP contribution in [-0.2, 0) is 23.7 Å². The second kappa shape index (κ2) is 39.0. The number of ether oxygens (including phenoxy) is 4. The Balaban J connectivity index is 1.79. The third-order valence-electron chi connectivity index (χ3n) is 12.8. The normalized spacial score (nSPS) is 27.1. The lowest BCUT2D eigenvalue weighted by Crippen LogP contribution is -2.65. The van der Waals surface area contributed by atoms with Crippen molar-refractivity contribution >= 4 is 5.91 Å². The van der Waals surface area contributed by atoms with Crippen LogP contribution in [0.15, 0.2) is 36.5 Å². The zero-order valence-corrected chi connectivity index (χ0v) is 40.9. The lowest BCUT2D eigenvalue weighted by Gasteiger charge is -2.46. The summed E-state index contributed by atoms with van der Waals surface area (Å²) >= 11 is 0. The molecule has 0 aromatic carbocycles. The van der Waals surface area contributed by atoms with Gasteiger partial charge in [-0.1, -0.05) is 179 Å². The number of rotatable bonds is 40. The fourth-order valence-electron chi connectivity index (χ4n) is 8.50. The van der Waals surface area contributed by atoms with E-state index >= 15 is 0 Å². The van der Waals surface area contributed by atoms with E-state index in [0.717, 1.165) is 44.9 Å². The first-order valence-electron chi connectivity index (χ1n) is 26.2. The molecule has 0 aliphatic carbocycles. The molecule has 0 radical (unpaired) electrons. The average Bonchev–Trinajstić information content (AvgIpc) is 3.31. The van der Waals surface area contributed by atoms with Gasteiger partial charge < -0.3 is 65.1 Å². The fourth-order valence-corrected chi connectivity index (χ4v) is 8.50. The lowest BCUT2D eigenvalue weighted by atomic mass is 9.97. The van der Waals surface area contributed by atoms with Gasteiger partial charge in [-0.25, -0.2) is 0 Å². The van der Waals surface area contributed by atoms with E-state index in [-0.39, 0.29) is 18.9 Å². The molecule has 1 amide bonds. The van der Waals surface area contributed by atoms with Crippen molar-refractivity contribution in [2.45, 2.75) is 267 Å². The summed E-state index contributed by atoms with van der Waals surface area (Å²) in [5.74, 6) is -0.259. The van der Waals surface area contributed by atoms with Crippen molar-refractivity contribution in [2.24, 2.45) is 0 Å². The summed E-state index contributed by atoms with van der Waals surface area (Å²) in [6.07, 6.45) is 27.9. The zero-order chi connectivity index (χ0) is 48.2. The Bertz CT molecular complexity index is 1250. The third-order valence-corrected chi connectivity index (χ3v) is 12.8. The topological polar surface area (TPSA) is 228 Å². The molecular weight excluding hydrogens is 847 g/mol. The summed E-state index contributed by atoms with van der Waals surface area (Å²) in [4.78, 5) is 13.1. The Morgan fingerprint density at radius 2 is 0.970 bits per heavy atom. The zero-order valence-electron chi connectivity index (χ0n) is 40.9. The number of amides is 1. The second-order valence-electron chi connectivity index (χ2n) is 18.6. The number of unbranched alkanes of at least 4 members (excludes halogenated alkanes) is 23. The number of aliphatic hydroxyl groups excluding tert-OH is 8. The molecule has 14 heteroatoms. The highest BCUT2D eigenvalue weighted by Gasteiger charge is 2.51. The van der Waals surface area contributed by atoms with Crippen molar-refractivity contribution in [1.29, 1.82) is 0 Å². The van der Waals surface area contributed by atoms with Crippen LogP contribution in [0.5, 0.6) is 0 Å². The SMILES string of the molecule is CCCCCCCCCCCCCCCC/C=C/CC/C=C/CC/C=C/C(O)C(COC1OC(CO)C(OC2OC(CO)C(O)C(O)C2O)C(O)C1O)NC(=O)CCCCCCCCCC. The maximum absolute atomic E-state index is 13.1. The van der Waals surface area contributed by atoms with E-state index in [1.807, 2.05) is 6.08 Å². The van der Waals surface area contributed by atoms with Gasteiger partial charge in [0.25, 0.3) is 0 Å². The van der Waals surface area contributed by atoms with Crippen molar-refractivity contribution in [3.8, 4) is 0 Å². The summed E-state index contributed by atoms with van der Waals surface area (Å²) in [6, 6.07) is -0.932. The summed E-state index contributed by atoms with van der Waals surface area (Å²) in [5.41, 5.74) is 0. The van der Waals surface area contributed by atoms with E-state index < -0.39 is 86.8 Å². The number of carbonyl (C=O) groups is 1.